The molecule has 3 aromatic rings. The van der Waals surface area contributed by atoms with Crippen molar-refractivity contribution in [3.63, 3.8) is 0 Å². The quantitative estimate of drug-likeness (QED) is 0.607. The average molecular weight is 461 g/mol. The van der Waals surface area contributed by atoms with Crippen molar-refractivity contribution in [2.45, 2.75) is 13.1 Å². The molecule has 2 aliphatic rings. The van der Waals surface area contributed by atoms with E-state index < -0.39 is 5.63 Å². The fourth-order valence-electron chi connectivity index (χ4n) is 4.86. The highest BCUT2D eigenvalue weighted by atomic mass is 16.4. The van der Waals surface area contributed by atoms with Crippen molar-refractivity contribution in [1.29, 1.82) is 0 Å². The first-order valence-electron chi connectivity index (χ1n) is 12.0. The van der Waals surface area contributed by atoms with Crippen LogP contribution in [0.5, 0.6) is 5.75 Å². The molecule has 2 saturated heterocycles. The molecule has 0 atom stereocenters. The molecule has 34 heavy (non-hydrogen) atoms. The first kappa shape index (κ1) is 22.5. The summed E-state index contributed by atoms with van der Waals surface area (Å²) in [5.74, 6) is 0.0900. The maximum atomic E-state index is 12.5. The van der Waals surface area contributed by atoms with Crippen LogP contribution in [-0.2, 0) is 13.1 Å². The average Bonchev–Trinajstić information content (AvgIpc) is 2.90. The monoisotopic (exact) mass is 460 g/mol. The summed E-state index contributed by atoms with van der Waals surface area (Å²) in [6.45, 7) is 8.08. The van der Waals surface area contributed by atoms with Crippen LogP contribution in [0.1, 0.15) is 11.1 Å². The Morgan fingerprint density at radius 3 is 1.65 bits per heavy atom. The second-order valence-electron chi connectivity index (χ2n) is 9.07. The van der Waals surface area contributed by atoms with Gasteiger partial charge in [0.15, 0.2) is 0 Å². The Morgan fingerprint density at radius 2 is 1.15 bits per heavy atom. The highest BCUT2D eigenvalue weighted by Crippen LogP contribution is 2.25. The van der Waals surface area contributed by atoms with Gasteiger partial charge < -0.3 is 19.3 Å². The van der Waals surface area contributed by atoms with E-state index >= 15 is 0 Å². The number of nitrogens with zero attached hydrogens (tertiary/aromatic N) is 4. The van der Waals surface area contributed by atoms with Gasteiger partial charge in [0, 0.05) is 82.4 Å². The number of aromatic hydroxyl groups is 1. The molecule has 0 saturated carbocycles. The number of rotatable bonds is 6. The predicted octanol–water partition coefficient (Wildman–Crippen LogP) is 2.99. The van der Waals surface area contributed by atoms with Crippen molar-refractivity contribution >= 4 is 11.4 Å². The van der Waals surface area contributed by atoms with Crippen LogP contribution in [0.15, 0.2) is 76.1 Å². The third kappa shape index (κ3) is 5.11. The van der Waals surface area contributed by atoms with Crippen molar-refractivity contribution in [2.75, 3.05) is 62.2 Å². The van der Waals surface area contributed by atoms with Crippen LogP contribution in [0.4, 0.5) is 11.4 Å². The molecule has 2 aliphatic heterocycles. The predicted molar refractivity (Wildman–Crippen MR) is 135 cm³/mol. The molecule has 2 fully saturated rings. The third-order valence-corrected chi connectivity index (χ3v) is 6.91. The lowest BCUT2D eigenvalue weighted by Gasteiger charge is -2.36. The minimum Gasteiger partial charge on any atom is -0.507 e. The molecule has 1 N–H and O–H groups in total. The van der Waals surface area contributed by atoms with Crippen molar-refractivity contribution in [2.24, 2.45) is 0 Å². The van der Waals surface area contributed by atoms with Gasteiger partial charge in [-0.1, -0.05) is 36.4 Å². The number of piperazine rings is 2. The zero-order valence-electron chi connectivity index (χ0n) is 19.5. The summed E-state index contributed by atoms with van der Waals surface area (Å²) in [5, 5.41) is 11.0. The fraction of sp³-hybridized carbons (Fsp3) is 0.370. The maximum absolute atomic E-state index is 12.5. The van der Waals surface area contributed by atoms with Crippen molar-refractivity contribution < 1.29 is 9.52 Å². The van der Waals surface area contributed by atoms with E-state index in [9.17, 15) is 9.90 Å². The van der Waals surface area contributed by atoms with Gasteiger partial charge in [0.25, 0.3) is 0 Å². The third-order valence-electron chi connectivity index (χ3n) is 6.91. The summed E-state index contributed by atoms with van der Waals surface area (Å²) in [7, 11) is 0. The van der Waals surface area contributed by atoms with Crippen LogP contribution in [0, 0.1) is 0 Å². The number of hydrogen-bond donors (Lipinski definition) is 1. The standard InChI is InChI=1S/C27H32N4O3/c32-26-22(19-28-11-15-30(16-12-28)23-7-3-1-4-8-23)21-34-27(33)25(26)20-29-13-17-31(18-14-29)24-9-5-2-6-10-24/h1-10,21,32H,11-20H2. The van der Waals surface area contributed by atoms with Gasteiger partial charge >= 0.3 is 5.63 Å². The van der Waals surface area contributed by atoms with Crippen LogP contribution in [0.2, 0.25) is 0 Å². The summed E-state index contributed by atoms with van der Waals surface area (Å²) in [5.41, 5.74) is 3.07. The van der Waals surface area contributed by atoms with E-state index in [1.54, 1.807) is 0 Å². The molecular formula is C27H32N4O3. The number of para-hydroxylation sites is 2. The van der Waals surface area contributed by atoms with Gasteiger partial charge in [-0.3, -0.25) is 9.80 Å². The van der Waals surface area contributed by atoms with E-state index in [1.807, 2.05) is 12.1 Å². The van der Waals surface area contributed by atoms with E-state index in [-0.39, 0.29) is 5.75 Å². The second kappa shape index (κ2) is 10.3. The van der Waals surface area contributed by atoms with E-state index in [4.69, 9.17) is 4.42 Å². The lowest BCUT2D eigenvalue weighted by molar-refractivity contribution is 0.233. The van der Waals surface area contributed by atoms with Crippen LogP contribution >= 0.6 is 0 Å². The molecule has 7 nitrogen and oxygen atoms in total. The Balaban J connectivity index is 1.19. The molecular weight excluding hydrogens is 428 g/mol. The van der Waals surface area contributed by atoms with Crippen molar-refractivity contribution in [1.82, 2.24) is 9.80 Å². The summed E-state index contributed by atoms with van der Waals surface area (Å²) in [4.78, 5) is 21.7. The summed E-state index contributed by atoms with van der Waals surface area (Å²) in [6.07, 6.45) is 1.43. The normalized spacial score (nSPS) is 17.8. The van der Waals surface area contributed by atoms with Gasteiger partial charge in [0.05, 0.1) is 5.56 Å². The van der Waals surface area contributed by atoms with Gasteiger partial charge in [-0.2, -0.15) is 0 Å². The summed E-state index contributed by atoms with van der Waals surface area (Å²) >= 11 is 0. The van der Waals surface area contributed by atoms with Gasteiger partial charge in [0.2, 0.25) is 0 Å². The van der Waals surface area contributed by atoms with Gasteiger partial charge in [-0.15, -0.1) is 0 Å². The molecule has 0 radical (unpaired) electrons. The molecule has 0 amide bonds. The molecule has 7 heteroatoms. The number of benzene rings is 2. The van der Waals surface area contributed by atoms with E-state index in [2.05, 4.69) is 68.1 Å². The number of hydrogen-bond acceptors (Lipinski definition) is 7. The SMILES string of the molecule is O=c1occ(CN2CCN(c3ccccc3)CC2)c(O)c1CN1CCN(c2ccccc2)CC1. The minimum absolute atomic E-state index is 0.0900. The van der Waals surface area contributed by atoms with E-state index in [0.717, 1.165) is 52.4 Å². The van der Waals surface area contributed by atoms with Gasteiger partial charge in [-0.05, 0) is 24.3 Å². The molecule has 1 aromatic heterocycles. The first-order valence-corrected chi connectivity index (χ1v) is 12.0. The molecule has 2 aromatic carbocycles. The van der Waals surface area contributed by atoms with Gasteiger partial charge in [0.1, 0.15) is 12.0 Å². The first-order chi connectivity index (χ1) is 16.7. The molecule has 0 bridgehead atoms. The Labute approximate surface area is 200 Å². The largest absolute Gasteiger partial charge is 0.507 e. The zero-order chi connectivity index (χ0) is 23.3. The molecule has 0 unspecified atom stereocenters. The molecule has 5 rings (SSSR count). The fourth-order valence-corrected chi connectivity index (χ4v) is 4.86. The minimum atomic E-state index is -0.444. The van der Waals surface area contributed by atoms with E-state index in [0.29, 0.717) is 24.2 Å². The Morgan fingerprint density at radius 1 is 0.676 bits per heavy atom. The van der Waals surface area contributed by atoms with Crippen LogP contribution in [-0.4, -0.2) is 67.3 Å². The lowest BCUT2D eigenvalue weighted by atomic mass is 10.1. The smallest absolute Gasteiger partial charge is 0.343 e. The highest BCUT2D eigenvalue weighted by Gasteiger charge is 2.23. The van der Waals surface area contributed by atoms with Crippen LogP contribution < -0.4 is 15.4 Å². The zero-order valence-corrected chi connectivity index (χ0v) is 19.5. The molecule has 0 aliphatic carbocycles. The highest BCUT2D eigenvalue weighted by molar-refractivity contribution is 5.47. The maximum Gasteiger partial charge on any atom is 0.343 e. The van der Waals surface area contributed by atoms with Crippen LogP contribution in [0.3, 0.4) is 0 Å². The molecule has 0 spiro atoms. The summed E-state index contributed by atoms with van der Waals surface area (Å²) < 4.78 is 5.34. The lowest BCUT2D eigenvalue weighted by Crippen LogP contribution is -2.46. The Bertz CT molecular complexity index is 1120. The second-order valence-corrected chi connectivity index (χ2v) is 9.07. The Hall–Kier alpha value is -3.29. The molecule has 178 valence electrons. The molecule has 3 heterocycles. The Kier molecular flexibility index (Phi) is 6.83. The van der Waals surface area contributed by atoms with Crippen molar-refractivity contribution in [3.05, 3.63) is 88.5 Å². The number of anilines is 2. The van der Waals surface area contributed by atoms with Crippen LogP contribution in [0.25, 0.3) is 0 Å². The summed E-state index contributed by atoms with van der Waals surface area (Å²) in [6, 6.07) is 20.8. The van der Waals surface area contributed by atoms with Crippen molar-refractivity contribution in [3.8, 4) is 5.75 Å². The van der Waals surface area contributed by atoms with Gasteiger partial charge in [-0.25, -0.2) is 4.79 Å². The van der Waals surface area contributed by atoms with E-state index in [1.165, 1.54) is 17.6 Å². The topological polar surface area (TPSA) is 63.4 Å².